The van der Waals surface area contributed by atoms with Crippen LogP contribution in [0.3, 0.4) is 0 Å². The Morgan fingerprint density at radius 3 is 2.67 bits per heavy atom. The number of carbonyl (C=O) groups excluding carboxylic acids is 1. The van der Waals surface area contributed by atoms with E-state index in [2.05, 4.69) is 12.2 Å². The van der Waals surface area contributed by atoms with Crippen LogP contribution in [-0.4, -0.2) is 11.9 Å². The van der Waals surface area contributed by atoms with Crippen LogP contribution in [0, 0.1) is 5.92 Å². The second-order valence-corrected chi connectivity index (χ2v) is 2.75. The molecule has 0 aromatic heterocycles. The van der Waals surface area contributed by atoms with E-state index in [0.29, 0.717) is 6.04 Å². The van der Waals surface area contributed by atoms with Gasteiger partial charge in [-0.15, -0.1) is 0 Å². The number of nitrogens with one attached hydrogen (secondary N) is 1. The van der Waals surface area contributed by atoms with E-state index in [1.807, 2.05) is 6.92 Å². The van der Waals surface area contributed by atoms with E-state index >= 15 is 0 Å². The molecule has 2 atom stereocenters. The third-order valence-corrected chi connectivity index (χ3v) is 1.92. The molecular formula is C7H13NO. The van der Waals surface area contributed by atoms with Gasteiger partial charge >= 0.3 is 0 Å². The highest BCUT2D eigenvalue weighted by atomic mass is 16.2. The van der Waals surface area contributed by atoms with E-state index in [0.717, 1.165) is 12.8 Å². The Labute approximate surface area is 55.6 Å². The first kappa shape index (κ1) is 6.59. The lowest BCUT2D eigenvalue weighted by molar-refractivity contribution is -0.122. The second-order valence-electron chi connectivity index (χ2n) is 2.75. The molecule has 9 heavy (non-hydrogen) atoms. The number of amides is 1. The molecule has 0 spiro atoms. The third-order valence-electron chi connectivity index (χ3n) is 1.92. The summed E-state index contributed by atoms with van der Waals surface area (Å²) in [4.78, 5) is 10.8. The van der Waals surface area contributed by atoms with Crippen LogP contribution < -0.4 is 5.32 Å². The van der Waals surface area contributed by atoms with Gasteiger partial charge in [-0.1, -0.05) is 13.8 Å². The van der Waals surface area contributed by atoms with E-state index in [9.17, 15) is 4.79 Å². The fourth-order valence-electron chi connectivity index (χ4n) is 1.20. The molecule has 1 aliphatic heterocycles. The highest BCUT2D eigenvalue weighted by Crippen LogP contribution is 2.15. The molecule has 1 unspecified atom stereocenters. The van der Waals surface area contributed by atoms with Crippen LogP contribution in [0.15, 0.2) is 0 Å². The lowest BCUT2D eigenvalue weighted by Crippen LogP contribution is -2.25. The average molecular weight is 127 g/mol. The predicted molar refractivity (Wildman–Crippen MR) is 36.0 cm³/mol. The minimum atomic E-state index is 0.224. The van der Waals surface area contributed by atoms with Crippen molar-refractivity contribution in [2.45, 2.75) is 32.7 Å². The lowest BCUT2D eigenvalue weighted by Gasteiger charge is -2.02. The summed E-state index contributed by atoms with van der Waals surface area (Å²) in [5.74, 6) is 0.469. The number of hydrogen-bond acceptors (Lipinski definition) is 1. The second kappa shape index (κ2) is 2.38. The maximum Gasteiger partial charge on any atom is 0.223 e. The summed E-state index contributed by atoms with van der Waals surface area (Å²) in [6.45, 7) is 4.08. The molecule has 0 radical (unpaired) electrons. The smallest absolute Gasteiger partial charge is 0.223 e. The molecular weight excluding hydrogens is 114 g/mol. The van der Waals surface area contributed by atoms with Crippen molar-refractivity contribution < 1.29 is 4.79 Å². The number of carbonyl (C=O) groups is 1. The minimum absolute atomic E-state index is 0.224. The van der Waals surface area contributed by atoms with E-state index in [-0.39, 0.29) is 11.8 Å². The highest BCUT2D eigenvalue weighted by molar-refractivity contribution is 5.80. The Kier molecular flexibility index (Phi) is 1.74. The standard InChI is InChI=1S/C7H13NO/c1-3-6-4-5(2)7(9)8-6/h5-6H,3-4H2,1-2H3,(H,8,9)/t5?,6-/m0/s1. The third kappa shape index (κ3) is 1.23. The normalized spacial score (nSPS) is 34.7. The van der Waals surface area contributed by atoms with Crippen molar-refractivity contribution in [2.24, 2.45) is 5.92 Å². The molecule has 1 N–H and O–H groups in total. The first-order chi connectivity index (χ1) is 4.24. The summed E-state index contributed by atoms with van der Waals surface area (Å²) in [6.07, 6.45) is 2.09. The van der Waals surface area contributed by atoms with Crippen molar-refractivity contribution in [3.8, 4) is 0 Å². The zero-order chi connectivity index (χ0) is 6.85. The maximum atomic E-state index is 10.8. The van der Waals surface area contributed by atoms with Gasteiger partial charge in [-0.3, -0.25) is 4.79 Å². The van der Waals surface area contributed by atoms with E-state index < -0.39 is 0 Å². The van der Waals surface area contributed by atoms with Gasteiger partial charge in [-0.2, -0.15) is 0 Å². The Bertz CT molecular complexity index is 122. The van der Waals surface area contributed by atoms with Crippen molar-refractivity contribution in [1.82, 2.24) is 5.32 Å². The van der Waals surface area contributed by atoms with E-state index in [4.69, 9.17) is 0 Å². The van der Waals surface area contributed by atoms with Crippen molar-refractivity contribution in [3.63, 3.8) is 0 Å². The van der Waals surface area contributed by atoms with Crippen molar-refractivity contribution in [1.29, 1.82) is 0 Å². The van der Waals surface area contributed by atoms with Gasteiger partial charge < -0.3 is 5.32 Å². The summed E-state index contributed by atoms with van der Waals surface area (Å²) in [5, 5.41) is 2.91. The average Bonchev–Trinajstić information content (AvgIpc) is 2.13. The summed E-state index contributed by atoms with van der Waals surface area (Å²) >= 11 is 0. The van der Waals surface area contributed by atoms with Gasteiger partial charge in [0.1, 0.15) is 0 Å². The van der Waals surface area contributed by atoms with Crippen LogP contribution in [0.25, 0.3) is 0 Å². The van der Waals surface area contributed by atoms with E-state index in [1.165, 1.54) is 0 Å². The van der Waals surface area contributed by atoms with Gasteiger partial charge in [0.2, 0.25) is 5.91 Å². The molecule has 2 nitrogen and oxygen atoms in total. The molecule has 1 aliphatic rings. The largest absolute Gasteiger partial charge is 0.353 e. The molecule has 1 rings (SSSR count). The van der Waals surface area contributed by atoms with Gasteiger partial charge in [0.05, 0.1) is 0 Å². The Balaban J connectivity index is 2.44. The zero-order valence-electron chi connectivity index (χ0n) is 5.98. The summed E-state index contributed by atoms with van der Waals surface area (Å²) in [5.41, 5.74) is 0. The van der Waals surface area contributed by atoms with Crippen LogP contribution in [0.1, 0.15) is 26.7 Å². The van der Waals surface area contributed by atoms with Gasteiger partial charge in [-0.05, 0) is 12.8 Å². The molecule has 2 heteroatoms. The Hall–Kier alpha value is -0.530. The van der Waals surface area contributed by atoms with Gasteiger partial charge in [-0.25, -0.2) is 0 Å². The molecule has 0 aliphatic carbocycles. The van der Waals surface area contributed by atoms with Crippen LogP contribution in [-0.2, 0) is 4.79 Å². The van der Waals surface area contributed by atoms with Gasteiger partial charge in [0.25, 0.3) is 0 Å². The molecule has 1 fully saturated rings. The molecule has 0 aromatic carbocycles. The molecule has 1 heterocycles. The molecule has 1 saturated heterocycles. The Morgan fingerprint density at radius 2 is 2.44 bits per heavy atom. The van der Waals surface area contributed by atoms with Crippen LogP contribution in [0.2, 0.25) is 0 Å². The van der Waals surface area contributed by atoms with Crippen LogP contribution >= 0.6 is 0 Å². The molecule has 1 amide bonds. The van der Waals surface area contributed by atoms with E-state index in [1.54, 1.807) is 0 Å². The Morgan fingerprint density at radius 1 is 1.78 bits per heavy atom. The fraction of sp³-hybridized carbons (Fsp3) is 0.857. The van der Waals surface area contributed by atoms with Crippen molar-refractivity contribution in [2.75, 3.05) is 0 Å². The number of rotatable bonds is 1. The zero-order valence-corrected chi connectivity index (χ0v) is 5.98. The van der Waals surface area contributed by atoms with Crippen LogP contribution in [0.4, 0.5) is 0 Å². The maximum absolute atomic E-state index is 10.8. The lowest BCUT2D eigenvalue weighted by atomic mass is 10.1. The predicted octanol–water partition coefficient (Wildman–Crippen LogP) is 0.921. The number of hydrogen-bond donors (Lipinski definition) is 1. The fourth-order valence-corrected chi connectivity index (χ4v) is 1.20. The summed E-state index contributed by atoms with van der Waals surface area (Å²) in [7, 11) is 0. The molecule has 52 valence electrons. The van der Waals surface area contributed by atoms with Crippen molar-refractivity contribution >= 4 is 5.91 Å². The summed E-state index contributed by atoms with van der Waals surface area (Å²) < 4.78 is 0. The molecule has 0 bridgehead atoms. The topological polar surface area (TPSA) is 29.1 Å². The molecule has 0 aromatic rings. The van der Waals surface area contributed by atoms with Crippen LogP contribution in [0.5, 0.6) is 0 Å². The first-order valence-corrected chi connectivity index (χ1v) is 3.54. The quantitative estimate of drug-likeness (QED) is 0.557. The highest BCUT2D eigenvalue weighted by Gasteiger charge is 2.26. The van der Waals surface area contributed by atoms with Gasteiger partial charge in [0.15, 0.2) is 0 Å². The van der Waals surface area contributed by atoms with Gasteiger partial charge in [0, 0.05) is 12.0 Å². The molecule has 0 saturated carbocycles. The first-order valence-electron chi connectivity index (χ1n) is 3.54. The monoisotopic (exact) mass is 127 g/mol. The minimum Gasteiger partial charge on any atom is -0.353 e. The summed E-state index contributed by atoms with van der Waals surface area (Å²) in [6, 6.07) is 0.451. The SMILES string of the molecule is CC[C@H]1CC(C)C(=O)N1. The van der Waals surface area contributed by atoms with Crippen molar-refractivity contribution in [3.05, 3.63) is 0 Å².